The molecule has 0 aliphatic rings. The van der Waals surface area contributed by atoms with Crippen molar-refractivity contribution in [2.75, 3.05) is 20.6 Å². The van der Waals surface area contributed by atoms with Gasteiger partial charge in [0.2, 0.25) is 0 Å². The Bertz CT molecular complexity index is 409. The predicted molar refractivity (Wildman–Crippen MR) is 66.6 cm³/mol. The zero-order valence-corrected chi connectivity index (χ0v) is 11.5. The molecule has 1 heterocycles. The second-order valence-corrected chi connectivity index (χ2v) is 5.76. The third kappa shape index (κ3) is 3.88. The quantitative estimate of drug-likeness (QED) is 0.758. The van der Waals surface area contributed by atoms with Crippen LogP contribution in [0.2, 0.25) is 0 Å². The highest BCUT2D eigenvalue weighted by Gasteiger charge is 2.23. The molecule has 1 atom stereocenters. The minimum absolute atomic E-state index is 0.292. The third-order valence-corrected chi connectivity index (χ3v) is 2.96. The lowest BCUT2D eigenvalue weighted by atomic mass is 10.1. The van der Waals surface area contributed by atoms with Gasteiger partial charge < -0.3 is 10.0 Å². The van der Waals surface area contributed by atoms with Gasteiger partial charge in [0.15, 0.2) is 5.03 Å². The summed E-state index contributed by atoms with van der Waals surface area (Å²) in [6.07, 6.45) is 0. The van der Waals surface area contributed by atoms with Crippen LogP contribution in [0.15, 0.2) is 11.1 Å². The van der Waals surface area contributed by atoms with E-state index in [-0.39, 0.29) is 0 Å². The Kier molecular flexibility index (Phi) is 4.42. The Morgan fingerprint density at radius 3 is 2.59 bits per heavy atom. The fraction of sp³-hybridized carbons (Fsp3) is 0.700. The van der Waals surface area contributed by atoms with Gasteiger partial charge in [0.05, 0.1) is 12.2 Å². The van der Waals surface area contributed by atoms with Gasteiger partial charge in [-0.2, -0.15) is 5.10 Å². The van der Waals surface area contributed by atoms with E-state index in [0.717, 1.165) is 6.54 Å². The molecule has 0 fully saturated rings. The molecule has 1 rings (SSSR count). The van der Waals surface area contributed by atoms with Crippen molar-refractivity contribution >= 4 is 11.0 Å². The normalized spacial score (nSPS) is 14.3. The maximum Gasteiger partial charge on any atom is 0.164 e. The highest BCUT2D eigenvalue weighted by molar-refractivity contribution is 7.82. The molecule has 0 aliphatic carbocycles. The van der Waals surface area contributed by atoms with Crippen LogP contribution in [-0.2, 0) is 23.1 Å². The first-order chi connectivity index (χ1) is 7.71. The maximum atomic E-state index is 11.2. The molecule has 1 aromatic rings. The fourth-order valence-electron chi connectivity index (χ4n) is 1.45. The standard InChI is InChI=1S/C10H20N4O2S/c1-10(2,15)8-7-9(17(11)16)12-14(8)6-5-13(3)4/h7,15H,5-6,11H2,1-4H3. The van der Waals surface area contributed by atoms with Crippen LogP contribution in [0.1, 0.15) is 19.5 Å². The Morgan fingerprint density at radius 2 is 2.18 bits per heavy atom. The molecule has 0 saturated heterocycles. The van der Waals surface area contributed by atoms with Crippen molar-refractivity contribution in [1.29, 1.82) is 0 Å². The topological polar surface area (TPSA) is 84.4 Å². The molecular formula is C10H20N4O2S. The van der Waals surface area contributed by atoms with Crippen LogP contribution in [0, 0.1) is 0 Å². The molecule has 0 saturated carbocycles. The van der Waals surface area contributed by atoms with Crippen molar-refractivity contribution in [2.24, 2.45) is 5.14 Å². The van der Waals surface area contributed by atoms with E-state index in [1.54, 1.807) is 24.6 Å². The van der Waals surface area contributed by atoms with E-state index < -0.39 is 16.6 Å². The molecule has 17 heavy (non-hydrogen) atoms. The van der Waals surface area contributed by atoms with Crippen LogP contribution < -0.4 is 5.14 Å². The SMILES string of the molecule is CN(C)CCn1nc(S(N)=O)cc1C(C)(C)O. The lowest BCUT2D eigenvalue weighted by Crippen LogP contribution is -2.25. The van der Waals surface area contributed by atoms with Crippen molar-refractivity contribution in [3.05, 3.63) is 11.8 Å². The molecule has 0 radical (unpaired) electrons. The molecule has 6 nitrogen and oxygen atoms in total. The van der Waals surface area contributed by atoms with Crippen LogP contribution in [-0.4, -0.2) is 44.6 Å². The van der Waals surface area contributed by atoms with Crippen LogP contribution in [0.5, 0.6) is 0 Å². The smallest absolute Gasteiger partial charge is 0.164 e. The highest BCUT2D eigenvalue weighted by Crippen LogP contribution is 2.21. The van der Waals surface area contributed by atoms with Crippen LogP contribution in [0.3, 0.4) is 0 Å². The number of likely N-dealkylation sites (N-methyl/N-ethyl adjacent to an activating group) is 1. The average Bonchev–Trinajstić information content (AvgIpc) is 2.57. The van der Waals surface area contributed by atoms with Crippen LogP contribution in [0.4, 0.5) is 0 Å². The number of rotatable bonds is 5. The molecule has 1 unspecified atom stereocenters. The minimum atomic E-state index is -1.62. The summed E-state index contributed by atoms with van der Waals surface area (Å²) < 4.78 is 12.8. The van der Waals surface area contributed by atoms with E-state index in [1.807, 2.05) is 19.0 Å². The molecule has 0 bridgehead atoms. The van der Waals surface area contributed by atoms with Gasteiger partial charge in [0.25, 0.3) is 0 Å². The van der Waals surface area contributed by atoms with E-state index in [9.17, 15) is 9.32 Å². The number of aliphatic hydroxyl groups is 1. The van der Waals surface area contributed by atoms with Crippen LogP contribution >= 0.6 is 0 Å². The number of nitrogens with two attached hydrogens (primary N) is 1. The zero-order valence-electron chi connectivity index (χ0n) is 10.7. The molecule has 1 aromatic heterocycles. The van der Waals surface area contributed by atoms with E-state index in [4.69, 9.17) is 5.14 Å². The largest absolute Gasteiger partial charge is 0.384 e. The van der Waals surface area contributed by atoms with Crippen molar-refractivity contribution in [3.8, 4) is 0 Å². The summed E-state index contributed by atoms with van der Waals surface area (Å²) in [7, 11) is 2.28. The van der Waals surface area contributed by atoms with Gasteiger partial charge in [-0.3, -0.25) is 4.68 Å². The molecule has 0 aliphatic heterocycles. The predicted octanol–water partition coefficient (Wildman–Crippen LogP) is -0.347. The second kappa shape index (κ2) is 5.26. The minimum Gasteiger partial charge on any atom is -0.384 e. The van der Waals surface area contributed by atoms with E-state index in [1.165, 1.54) is 0 Å². The molecule has 0 amide bonds. The van der Waals surface area contributed by atoms with Gasteiger partial charge in [-0.1, -0.05) is 0 Å². The van der Waals surface area contributed by atoms with Crippen LogP contribution in [0.25, 0.3) is 0 Å². The number of hydrogen-bond donors (Lipinski definition) is 2. The summed E-state index contributed by atoms with van der Waals surface area (Å²) in [5.41, 5.74) is -0.412. The Hall–Kier alpha value is -0.760. The van der Waals surface area contributed by atoms with Gasteiger partial charge >= 0.3 is 0 Å². The van der Waals surface area contributed by atoms with Gasteiger partial charge in [0, 0.05) is 12.6 Å². The van der Waals surface area contributed by atoms with Gasteiger partial charge in [0.1, 0.15) is 16.6 Å². The van der Waals surface area contributed by atoms with E-state index >= 15 is 0 Å². The first-order valence-corrected chi connectivity index (χ1v) is 6.54. The monoisotopic (exact) mass is 260 g/mol. The molecule has 0 aromatic carbocycles. The van der Waals surface area contributed by atoms with E-state index in [0.29, 0.717) is 17.3 Å². The highest BCUT2D eigenvalue weighted by atomic mass is 32.2. The number of nitrogens with zero attached hydrogens (tertiary/aromatic N) is 3. The van der Waals surface area contributed by atoms with Crippen molar-refractivity contribution in [2.45, 2.75) is 31.0 Å². The van der Waals surface area contributed by atoms with Gasteiger partial charge in [-0.05, 0) is 27.9 Å². The molecular weight excluding hydrogens is 240 g/mol. The summed E-state index contributed by atoms with van der Waals surface area (Å²) in [4.78, 5) is 2.01. The fourth-order valence-corrected chi connectivity index (χ4v) is 1.86. The molecule has 7 heteroatoms. The van der Waals surface area contributed by atoms with Crippen molar-refractivity contribution in [1.82, 2.24) is 14.7 Å². The van der Waals surface area contributed by atoms with Crippen molar-refractivity contribution < 1.29 is 9.32 Å². The summed E-state index contributed by atoms with van der Waals surface area (Å²) in [6, 6.07) is 1.59. The Morgan fingerprint density at radius 1 is 1.59 bits per heavy atom. The lowest BCUT2D eigenvalue weighted by Gasteiger charge is -2.19. The molecule has 0 spiro atoms. The summed E-state index contributed by atoms with van der Waals surface area (Å²) in [5, 5.41) is 19.8. The van der Waals surface area contributed by atoms with Gasteiger partial charge in [-0.15, -0.1) is 0 Å². The molecule has 98 valence electrons. The summed E-state index contributed by atoms with van der Waals surface area (Å²) in [5.74, 6) is 0. The summed E-state index contributed by atoms with van der Waals surface area (Å²) >= 11 is 0. The zero-order chi connectivity index (χ0) is 13.2. The van der Waals surface area contributed by atoms with Crippen molar-refractivity contribution in [3.63, 3.8) is 0 Å². The average molecular weight is 260 g/mol. The van der Waals surface area contributed by atoms with Gasteiger partial charge in [-0.25, -0.2) is 9.35 Å². The Labute approximate surface area is 104 Å². The Balaban J connectivity index is 3.04. The summed E-state index contributed by atoms with van der Waals surface area (Å²) in [6.45, 7) is 4.73. The first-order valence-electron chi connectivity index (χ1n) is 5.33. The first kappa shape index (κ1) is 14.3. The lowest BCUT2D eigenvalue weighted by molar-refractivity contribution is 0.0678. The van der Waals surface area contributed by atoms with E-state index in [2.05, 4.69) is 5.10 Å². The number of hydrogen-bond acceptors (Lipinski definition) is 4. The third-order valence-electron chi connectivity index (χ3n) is 2.35. The molecule has 3 N–H and O–H groups in total. The second-order valence-electron chi connectivity index (χ2n) is 4.75. The maximum absolute atomic E-state index is 11.2. The number of aromatic nitrogens is 2.